The van der Waals surface area contributed by atoms with E-state index in [0.717, 1.165) is 0 Å². The van der Waals surface area contributed by atoms with Gasteiger partial charge in [0.05, 0.1) is 19.1 Å². The summed E-state index contributed by atoms with van der Waals surface area (Å²) in [6.45, 7) is 7.88. The summed E-state index contributed by atoms with van der Waals surface area (Å²) >= 11 is 0. The van der Waals surface area contributed by atoms with Crippen LogP contribution in [0.15, 0.2) is 0 Å². The van der Waals surface area contributed by atoms with Gasteiger partial charge in [0.25, 0.3) is 0 Å². The molecule has 4 nitrogen and oxygen atoms in total. The van der Waals surface area contributed by atoms with E-state index in [1.54, 1.807) is 20.8 Å². The van der Waals surface area contributed by atoms with E-state index in [1.165, 1.54) is 0 Å². The second kappa shape index (κ2) is 7.26. The van der Waals surface area contributed by atoms with Gasteiger partial charge in [0.15, 0.2) is 0 Å². The number of esters is 2. The van der Waals surface area contributed by atoms with Crippen molar-refractivity contribution < 1.29 is 19.1 Å². The maximum atomic E-state index is 11.3. The Morgan fingerprint density at radius 3 is 2.07 bits per heavy atom. The first kappa shape index (κ1) is 13.9. The van der Waals surface area contributed by atoms with Gasteiger partial charge in [-0.3, -0.25) is 9.59 Å². The molecule has 15 heavy (non-hydrogen) atoms. The van der Waals surface area contributed by atoms with Crippen molar-refractivity contribution in [1.82, 2.24) is 0 Å². The predicted octanol–water partition coefficient (Wildman–Crippen LogP) is 1.77. The first-order chi connectivity index (χ1) is 7.02. The fraction of sp³-hybridized carbons (Fsp3) is 0.818. The molecule has 0 bridgehead atoms. The molecule has 0 N–H and O–H groups in total. The lowest BCUT2D eigenvalue weighted by molar-refractivity contribution is -0.150. The lowest BCUT2D eigenvalue weighted by atomic mass is 9.93. The van der Waals surface area contributed by atoms with Crippen molar-refractivity contribution >= 4 is 11.9 Å². The van der Waals surface area contributed by atoms with E-state index >= 15 is 0 Å². The third-order valence-electron chi connectivity index (χ3n) is 2.31. The minimum absolute atomic E-state index is 0.0527. The van der Waals surface area contributed by atoms with E-state index in [0.29, 0.717) is 13.2 Å². The fourth-order valence-corrected chi connectivity index (χ4v) is 1.17. The Morgan fingerprint density at radius 1 is 1.07 bits per heavy atom. The highest BCUT2D eigenvalue weighted by molar-refractivity contribution is 5.74. The van der Waals surface area contributed by atoms with Gasteiger partial charge in [-0.15, -0.1) is 0 Å². The van der Waals surface area contributed by atoms with Gasteiger partial charge in [-0.1, -0.05) is 13.8 Å². The Balaban J connectivity index is 4.02. The lowest BCUT2D eigenvalue weighted by Gasteiger charge is -2.17. The number of hydrogen-bond donors (Lipinski definition) is 0. The van der Waals surface area contributed by atoms with Gasteiger partial charge in [-0.05, 0) is 19.8 Å². The smallest absolute Gasteiger partial charge is 0.308 e. The van der Waals surface area contributed by atoms with Crippen LogP contribution in [0.2, 0.25) is 0 Å². The van der Waals surface area contributed by atoms with Crippen LogP contribution in [0.5, 0.6) is 0 Å². The molecule has 2 atom stereocenters. The Labute approximate surface area is 90.9 Å². The quantitative estimate of drug-likeness (QED) is 0.635. The monoisotopic (exact) mass is 216 g/mol. The maximum absolute atomic E-state index is 11.3. The third-order valence-corrected chi connectivity index (χ3v) is 2.31. The summed E-state index contributed by atoms with van der Waals surface area (Å²) in [6.07, 6.45) is 0.258. The normalized spacial score (nSPS) is 14.1. The van der Waals surface area contributed by atoms with Crippen LogP contribution in [0.4, 0.5) is 0 Å². The first-order valence-corrected chi connectivity index (χ1v) is 5.35. The van der Waals surface area contributed by atoms with Crippen molar-refractivity contribution in [2.45, 2.75) is 34.1 Å². The van der Waals surface area contributed by atoms with Crippen molar-refractivity contribution in [1.29, 1.82) is 0 Å². The van der Waals surface area contributed by atoms with Crippen LogP contribution >= 0.6 is 0 Å². The standard InChI is InChI=1S/C11H20O4/c1-5-14-10(12)7-8(3)9(4)11(13)15-6-2/h8-9H,5-7H2,1-4H3. The summed E-state index contributed by atoms with van der Waals surface area (Å²) in [5.74, 6) is -0.840. The molecule has 0 radical (unpaired) electrons. The van der Waals surface area contributed by atoms with Crippen LogP contribution in [-0.4, -0.2) is 25.2 Å². The van der Waals surface area contributed by atoms with E-state index in [9.17, 15) is 9.59 Å². The first-order valence-electron chi connectivity index (χ1n) is 5.35. The minimum Gasteiger partial charge on any atom is -0.466 e. The molecule has 0 aromatic carbocycles. The lowest BCUT2D eigenvalue weighted by Crippen LogP contribution is -2.24. The van der Waals surface area contributed by atoms with Gasteiger partial charge in [-0.2, -0.15) is 0 Å². The zero-order valence-corrected chi connectivity index (χ0v) is 9.91. The summed E-state index contributed by atoms with van der Waals surface area (Å²) in [5.41, 5.74) is 0. The van der Waals surface area contributed by atoms with Gasteiger partial charge in [0.2, 0.25) is 0 Å². The van der Waals surface area contributed by atoms with Gasteiger partial charge >= 0.3 is 11.9 Å². The molecular weight excluding hydrogens is 196 g/mol. The summed E-state index contributed by atoms with van der Waals surface area (Å²) in [4.78, 5) is 22.5. The largest absolute Gasteiger partial charge is 0.466 e. The number of carbonyl (C=O) groups excluding carboxylic acids is 2. The van der Waals surface area contributed by atoms with E-state index in [2.05, 4.69) is 0 Å². The number of rotatable bonds is 6. The molecule has 0 spiro atoms. The molecule has 0 saturated heterocycles. The van der Waals surface area contributed by atoms with E-state index in [-0.39, 0.29) is 30.2 Å². The van der Waals surface area contributed by atoms with Gasteiger partial charge in [0.1, 0.15) is 0 Å². The van der Waals surface area contributed by atoms with Crippen molar-refractivity contribution in [3.8, 4) is 0 Å². The van der Waals surface area contributed by atoms with Crippen molar-refractivity contribution in [2.24, 2.45) is 11.8 Å². The summed E-state index contributed by atoms with van der Waals surface area (Å²) in [5, 5.41) is 0. The van der Waals surface area contributed by atoms with Gasteiger partial charge in [0, 0.05) is 6.42 Å². The van der Waals surface area contributed by atoms with E-state index in [1.807, 2.05) is 6.92 Å². The molecule has 0 fully saturated rings. The molecule has 0 heterocycles. The number of hydrogen-bond acceptors (Lipinski definition) is 4. The number of ether oxygens (including phenoxy) is 2. The highest BCUT2D eigenvalue weighted by Gasteiger charge is 2.23. The average molecular weight is 216 g/mol. The predicted molar refractivity (Wildman–Crippen MR) is 56.2 cm³/mol. The van der Waals surface area contributed by atoms with Gasteiger partial charge < -0.3 is 9.47 Å². The summed E-state index contributed by atoms with van der Waals surface area (Å²) in [6, 6.07) is 0. The molecule has 0 aliphatic carbocycles. The van der Waals surface area contributed by atoms with E-state index in [4.69, 9.17) is 9.47 Å². The zero-order valence-electron chi connectivity index (χ0n) is 9.91. The van der Waals surface area contributed by atoms with Crippen molar-refractivity contribution in [3.05, 3.63) is 0 Å². The Morgan fingerprint density at radius 2 is 1.60 bits per heavy atom. The minimum atomic E-state index is -0.269. The van der Waals surface area contributed by atoms with Gasteiger partial charge in [-0.25, -0.2) is 0 Å². The van der Waals surface area contributed by atoms with Crippen LogP contribution < -0.4 is 0 Å². The molecule has 0 aromatic heterocycles. The average Bonchev–Trinajstić information content (AvgIpc) is 2.17. The molecule has 88 valence electrons. The maximum Gasteiger partial charge on any atom is 0.308 e. The molecule has 2 unspecified atom stereocenters. The molecule has 0 amide bonds. The van der Waals surface area contributed by atoms with Crippen LogP contribution in [0.25, 0.3) is 0 Å². The van der Waals surface area contributed by atoms with Crippen LogP contribution in [0.3, 0.4) is 0 Å². The topological polar surface area (TPSA) is 52.6 Å². The highest BCUT2D eigenvalue weighted by atomic mass is 16.5. The molecule has 0 aliphatic rings. The molecule has 0 aromatic rings. The number of carbonyl (C=O) groups is 2. The van der Waals surface area contributed by atoms with E-state index < -0.39 is 0 Å². The van der Waals surface area contributed by atoms with Crippen molar-refractivity contribution in [3.63, 3.8) is 0 Å². The molecule has 0 saturated carbocycles. The Kier molecular flexibility index (Phi) is 6.75. The molecule has 0 aliphatic heterocycles. The van der Waals surface area contributed by atoms with Crippen molar-refractivity contribution in [2.75, 3.05) is 13.2 Å². The second-order valence-electron chi connectivity index (χ2n) is 3.53. The molecular formula is C11H20O4. The summed E-state index contributed by atoms with van der Waals surface area (Å²) in [7, 11) is 0. The third kappa shape index (κ3) is 5.40. The Bertz CT molecular complexity index is 213. The van der Waals surface area contributed by atoms with Crippen LogP contribution in [0.1, 0.15) is 34.1 Å². The molecule has 4 heteroatoms. The fourth-order valence-electron chi connectivity index (χ4n) is 1.17. The van der Waals surface area contributed by atoms with Crippen LogP contribution in [-0.2, 0) is 19.1 Å². The molecule has 0 rings (SSSR count). The Hall–Kier alpha value is -1.06. The highest BCUT2D eigenvalue weighted by Crippen LogP contribution is 2.17. The second-order valence-corrected chi connectivity index (χ2v) is 3.53. The van der Waals surface area contributed by atoms with Crippen LogP contribution in [0, 0.1) is 11.8 Å². The summed E-state index contributed by atoms with van der Waals surface area (Å²) < 4.78 is 9.69. The SMILES string of the molecule is CCOC(=O)CC(C)C(C)C(=O)OCC. The zero-order chi connectivity index (χ0) is 11.8.